The first-order chi connectivity index (χ1) is 6.18. The predicted molar refractivity (Wildman–Crippen MR) is 49.9 cm³/mol. The molecule has 2 aromatic heterocycles. The Morgan fingerprint density at radius 1 is 1.54 bits per heavy atom. The summed E-state index contributed by atoms with van der Waals surface area (Å²) >= 11 is 0. The van der Waals surface area contributed by atoms with Crippen molar-refractivity contribution in [2.75, 3.05) is 5.73 Å². The molecule has 0 spiro atoms. The first kappa shape index (κ1) is 7.85. The van der Waals surface area contributed by atoms with Gasteiger partial charge in [0.05, 0.1) is 11.9 Å². The van der Waals surface area contributed by atoms with E-state index in [-0.39, 0.29) is 0 Å². The Kier molecular flexibility index (Phi) is 1.58. The standard InChI is InChI=1S/C8H11N5/c1-5-3-7(12-13(5)2)8-6(9)4-10-11-8/h3-4H,9H2,1-2H3,(H,10,11). The fourth-order valence-electron chi connectivity index (χ4n) is 1.18. The Morgan fingerprint density at radius 3 is 2.77 bits per heavy atom. The van der Waals surface area contributed by atoms with E-state index in [4.69, 9.17) is 5.73 Å². The van der Waals surface area contributed by atoms with Gasteiger partial charge < -0.3 is 5.73 Å². The third-order valence-corrected chi connectivity index (χ3v) is 2.04. The molecule has 0 aromatic carbocycles. The maximum Gasteiger partial charge on any atom is 0.112 e. The lowest BCUT2D eigenvalue weighted by Gasteiger charge is -1.91. The molecule has 5 nitrogen and oxygen atoms in total. The topological polar surface area (TPSA) is 72.5 Å². The molecule has 2 aromatic rings. The third kappa shape index (κ3) is 1.18. The quantitative estimate of drug-likeness (QED) is 0.673. The number of aromatic nitrogens is 4. The zero-order valence-corrected chi connectivity index (χ0v) is 7.57. The van der Waals surface area contributed by atoms with Crippen molar-refractivity contribution >= 4 is 5.69 Å². The van der Waals surface area contributed by atoms with Crippen molar-refractivity contribution in [2.24, 2.45) is 7.05 Å². The smallest absolute Gasteiger partial charge is 0.112 e. The van der Waals surface area contributed by atoms with Crippen molar-refractivity contribution in [1.29, 1.82) is 0 Å². The average Bonchev–Trinajstić information content (AvgIpc) is 2.60. The summed E-state index contributed by atoms with van der Waals surface area (Å²) in [6.45, 7) is 1.99. The van der Waals surface area contributed by atoms with Crippen molar-refractivity contribution in [3.8, 4) is 11.4 Å². The highest BCUT2D eigenvalue weighted by Crippen LogP contribution is 2.21. The summed E-state index contributed by atoms with van der Waals surface area (Å²) < 4.78 is 1.80. The molecule has 0 unspecified atom stereocenters. The zero-order valence-electron chi connectivity index (χ0n) is 7.57. The van der Waals surface area contributed by atoms with E-state index in [2.05, 4.69) is 15.3 Å². The second kappa shape index (κ2) is 2.62. The average molecular weight is 177 g/mol. The lowest BCUT2D eigenvalue weighted by molar-refractivity contribution is 0.742. The van der Waals surface area contributed by atoms with Crippen LogP contribution in [-0.4, -0.2) is 20.0 Å². The van der Waals surface area contributed by atoms with Gasteiger partial charge in [0.1, 0.15) is 11.4 Å². The van der Waals surface area contributed by atoms with E-state index < -0.39 is 0 Å². The molecular formula is C8H11N5. The van der Waals surface area contributed by atoms with Crippen LogP contribution < -0.4 is 5.73 Å². The van der Waals surface area contributed by atoms with Gasteiger partial charge in [0.2, 0.25) is 0 Å². The number of nitrogens with zero attached hydrogens (tertiary/aromatic N) is 3. The van der Waals surface area contributed by atoms with Crippen LogP contribution in [-0.2, 0) is 7.05 Å². The number of nitrogen functional groups attached to an aromatic ring is 1. The lowest BCUT2D eigenvalue weighted by atomic mass is 10.2. The first-order valence-electron chi connectivity index (χ1n) is 3.98. The highest BCUT2D eigenvalue weighted by molar-refractivity contribution is 5.68. The number of hydrogen-bond donors (Lipinski definition) is 2. The number of nitrogens with one attached hydrogen (secondary N) is 1. The molecule has 0 aliphatic rings. The van der Waals surface area contributed by atoms with E-state index in [9.17, 15) is 0 Å². The van der Waals surface area contributed by atoms with Crippen LogP contribution in [0.3, 0.4) is 0 Å². The summed E-state index contributed by atoms with van der Waals surface area (Å²) in [7, 11) is 1.89. The predicted octanol–water partition coefficient (Wildman–Crippen LogP) is 0.701. The number of aryl methyl sites for hydroxylation is 2. The van der Waals surface area contributed by atoms with E-state index in [1.165, 1.54) is 0 Å². The van der Waals surface area contributed by atoms with Crippen LogP contribution in [0.1, 0.15) is 5.69 Å². The van der Waals surface area contributed by atoms with Gasteiger partial charge in [-0.1, -0.05) is 0 Å². The van der Waals surface area contributed by atoms with E-state index in [0.29, 0.717) is 5.69 Å². The molecule has 0 atom stereocenters. The van der Waals surface area contributed by atoms with Gasteiger partial charge in [-0.25, -0.2) is 0 Å². The van der Waals surface area contributed by atoms with Crippen molar-refractivity contribution < 1.29 is 0 Å². The normalized spacial score (nSPS) is 10.6. The second-order valence-electron chi connectivity index (χ2n) is 2.99. The van der Waals surface area contributed by atoms with Crippen LogP contribution in [0.4, 0.5) is 5.69 Å². The van der Waals surface area contributed by atoms with Gasteiger partial charge in [0.15, 0.2) is 0 Å². The molecule has 3 N–H and O–H groups in total. The van der Waals surface area contributed by atoms with Crippen molar-refractivity contribution in [3.05, 3.63) is 18.0 Å². The van der Waals surface area contributed by atoms with Gasteiger partial charge in [-0.2, -0.15) is 10.2 Å². The van der Waals surface area contributed by atoms with E-state index in [1.807, 2.05) is 20.0 Å². The lowest BCUT2D eigenvalue weighted by Crippen LogP contribution is -1.93. The van der Waals surface area contributed by atoms with Crippen molar-refractivity contribution in [1.82, 2.24) is 20.0 Å². The maximum atomic E-state index is 5.69. The molecule has 0 saturated heterocycles. The number of anilines is 1. The molecule has 0 amide bonds. The Bertz CT molecular complexity index is 406. The highest BCUT2D eigenvalue weighted by atomic mass is 15.3. The molecule has 0 radical (unpaired) electrons. The number of hydrogen-bond acceptors (Lipinski definition) is 3. The number of rotatable bonds is 1. The molecular weight excluding hydrogens is 166 g/mol. The highest BCUT2D eigenvalue weighted by Gasteiger charge is 2.08. The molecule has 0 fully saturated rings. The molecule has 2 heterocycles. The largest absolute Gasteiger partial charge is 0.396 e. The fourth-order valence-corrected chi connectivity index (χ4v) is 1.18. The van der Waals surface area contributed by atoms with Gasteiger partial charge in [-0.05, 0) is 13.0 Å². The Morgan fingerprint density at radius 2 is 2.31 bits per heavy atom. The van der Waals surface area contributed by atoms with Gasteiger partial charge in [0.25, 0.3) is 0 Å². The number of nitrogens with two attached hydrogens (primary N) is 1. The second-order valence-corrected chi connectivity index (χ2v) is 2.99. The van der Waals surface area contributed by atoms with Crippen LogP contribution in [0, 0.1) is 6.92 Å². The maximum absolute atomic E-state index is 5.69. The Labute approximate surface area is 75.6 Å². The molecule has 0 aliphatic heterocycles. The van der Waals surface area contributed by atoms with Crippen LogP contribution in [0.2, 0.25) is 0 Å². The van der Waals surface area contributed by atoms with Crippen LogP contribution >= 0.6 is 0 Å². The summed E-state index contributed by atoms with van der Waals surface area (Å²) in [6, 6.07) is 1.96. The fraction of sp³-hybridized carbons (Fsp3) is 0.250. The van der Waals surface area contributed by atoms with E-state index in [1.54, 1.807) is 10.9 Å². The number of aromatic amines is 1. The van der Waals surface area contributed by atoms with Crippen molar-refractivity contribution in [3.63, 3.8) is 0 Å². The SMILES string of the molecule is Cc1cc(-c2[nH]ncc2N)nn1C. The minimum Gasteiger partial charge on any atom is -0.396 e. The molecule has 68 valence electrons. The van der Waals surface area contributed by atoms with Crippen LogP contribution in [0.5, 0.6) is 0 Å². The van der Waals surface area contributed by atoms with E-state index >= 15 is 0 Å². The molecule has 5 heteroatoms. The Hall–Kier alpha value is -1.78. The molecule has 0 saturated carbocycles. The van der Waals surface area contributed by atoms with Gasteiger partial charge >= 0.3 is 0 Å². The Balaban J connectivity index is 2.53. The van der Waals surface area contributed by atoms with Gasteiger partial charge in [-0.3, -0.25) is 9.78 Å². The zero-order chi connectivity index (χ0) is 9.42. The monoisotopic (exact) mass is 177 g/mol. The summed E-state index contributed by atoms with van der Waals surface area (Å²) in [5, 5.41) is 10.9. The summed E-state index contributed by atoms with van der Waals surface area (Å²) in [5.74, 6) is 0. The number of H-pyrrole nitrogens is 1. The first-order valence-corrected chi connectivity index (χ1v) is 3.98. The minimum atomic E-state index is 0.623. The van der Waals surface area contributed by atoms with E-state index in [0.717, 1.165) is 17.1 Å². The molecule has 13 heavy (non-hydrogen) atoms. The molecule has 2 rings (SSSR count). The third-order valence-electron chi connectivity index (χ3n) is 2.04. The summed E-state index contributed by atoms with van der Waals surface area (Å²) in [4.78, 5) is 0. The molecule has 0 bridgehead atoms. The van der Waals surface area contributed by atoms with Crippen molar-refractivity contribution in [2.45, 2.75) is 6.92 Å². The van der Waals surface area contributed by atoms with Crippen LogP contribution in [0.25, 0.3) is 11.4 Å². The molecule has 0 aliphatic carbocycles. The van der Waals surface area contributed by atoms with Gasteiger partial charge in [-0.15, -0.1) is 0 Å². The summed E-state index contributed by atoms with van der Waals surface area (Å²) in [5.41, 5.74) is 9.01. The van der Waals surface area contributed by atoms with Crippen LogP contribution in [0.15, 0.2) is 12.3 Å². The van der Waals surface area contributed by atoms with Gasteiger partial charge in [0, 0.05) is 12.7 Å². The summed E-state index contributed by atoms with van der Waals surface area (Å²) in [6.07, 6.45) is 1.58. The minimum absolute atomic E-state index is 0.623.